The van der Waals surface area contributed by atoms with Crippen molar-refractivity contribution >= 4 is 17.8 Å². The van der Waals surface area contributed by atoms with Crippen LogP contribution in [-0.2, 0) is 14.4 Å². The first-order valence-electron chi connectivity index (χ1n) is 7.47. The Morgan fingerprint density at radius 1 is 1.13 bits per heavy atom. The Balaban J connectivity index is 2.22. The van der Waals surface area contributed by atoms with Gasteiger partial charge in [-0.3, -0.25) is 14.4 Å². The molecule has 1 atom stereocenters. The first-order valence-corrected chi connectivity index (χ1v) is 7.47. The fraction of sp³-hybridized carbons (Fsp3) is 0.438. The van der Waals surface area contributed by atoms with E-state index in [2.05, 4.69) is 10.6 Å². The number of ether oxygens (including phenoxy) is 1. The van der Waals surface area contributed by atoms with E-state index in [1.165, 1.54) is 0 Å². The Bertz CT molecular complexity index is 518. The van der Waals surface area contributed by atoms with E-state index in [4.69, 9.17) is 9.84 Å². The average Bonchev–Trinajstić information content (AvgIpc) is 2.55. The number of rotatable bonds is 10. The fourth-order valence-corrected chi connectivity index (χ4v) is 1.86. The number of amides is 2. The third-order valence-corrected chi connectivity index (χ3v) is 3.09. The zero-order valence-electron chi connectivity index (χ0n) is 13.1. The van der Waals surface area contributed by atoms with E-state index in [1.54, 1.807) is 24.3 Å². The summed E-state index contributed by atoms with van der Waals surface area (Å²) in [6.45, 7) is 1.53. The van der Waals surface area contributed by atoms with E-state index in [0.29, 0.717) is 12.2 Å². The normalized spacial score (nSPS) is 11.3. The molecule has 1 rings (SSSR count). The number of para-hydroxylation sites is 1. The van der Waals surface area contributed by atoms with Gasteiger partial charge in [-0.05, 0) is 18.6 Å². The number of carbonyl (C=O) groups excluding carboxylic acids is 2. The van der Waals surface area contributed by atoms with Crippen LogP contribution in [0.4, 0.5) is 0 Å². The molecular formula is C16H22N2O5. The van der Waals surface area contributed by atoms with Crippen LogP contribution < -0.4 is 15.4 Å². The highest BCUT2D eigenvalue weighted by molar-refractivity contribution is 5.85. The summed E-state index contributed by atoms with van der Waals surface area (Å²) in [5.74, 6) is -1.84. The predicted octanol–water partition coefficient (Wildman–Crippen LogP) is 0.799. The van der Waals surface area contributed by atoms with Gasteiger partial charge in [0.15, 0.2) is 6.61 Å². The van der Waals surface area contributed by atoms with Gasteiger partial charge in [-0.1, -0.05) is 31.5 Å². The molecule has 1 unspecified atom stereocenters. The van der Waals surface area contributed by atoms with Gasteiger partial charge in [0.25, 0.3) is 5.91 Å². The molecule has 3 N–H and O–H groups in total. The summed E-state index contributed by atoms with van der Waals surface area (Å²) < 4.78 is 5.24. The van der Waals surface area contributed by atoms with Crippen LogP contribution in [0.5, 0.6) is 5.75 Å². The summed E-state index contributed by atoms with van der Waals surface area (Å²) in [7, 11) is 0. The van der Waals surface area contributed by atoms with Gasteiger partial charge in [-0.15, -0.1) is 0 Å². The van der Waals surface area contributed by atoms with Gasteiger partial charge in [-0.25, -0.2) is 0 Å². The smallest absolute Gasteiger partial charge is 0.308 e. The lowest BCUT2D eigenvalue weighted by Crippen LogP contribution is -2.41. The molecule has 0 aromatic heterocycles. The minimum Gasteiger partial charge on any atom is -0.484 e. The lowest BCUT2D eigenvalue weighted by atomic mass is 10.0. The van der Waals surface area contributed by atoms with Crippen molar-refractivity contribution in [2.75, 3.05) is 19.7 Å². The maximum atomic E-state index is 11.6. The first-order chi connectivity index (χ1) is 11.0. The van der Waals surface area contributed by atoms with Gasteiger partial charge < -0.3 is 20.5 Å². The Labute approximate surface area is 135 Å². The molecule has 126 valence electrons. The summed E-state index contributed by atoms with van der Waals surface area (Å²) in [6, 6.07) is 8.85. The number of aliphatic carboxylic acids is 1. The number of hydrogen-bond acceptors (Lipinski definition) is 4. The Morgan fingerprint density at radius 3 is 2.43 bits per heavy atom. The molecule has 0 heterocycles. The van der Waals surface area contributed by atoms with Crippen LogP contribution in [0, 0.1) is 5.92 Å². The average molecular weight is 322 g/mol. The fourth-order valence-electron chi connectivity index (χ4n) is 1.86. The highest BCUT2D eigenvalue weighted by atomic mass is 16.5. The van der Waals surface area contributed by atoms with Crippen LogP contribution in [0.1, 0.15) is 19.8 Å². The number of nitrogens with one attached hydrogen (secondary N) is 2. The van der Waals surface area contributed by atoms with Gasteiger partial charge in [-0.2, -0.15) is 0 Å². The van der Waals surface area contributed by atoms with Crippen molar-refractivity contribution in [1.82, 2.24) is 10.6 Å². The summed E-state index contributed by atoms with van der Waals surface area (Å²) >= 11 is 0. The molecule has 0 aliphatic heterocycles. The van der Waals surface area contributed by atoms with Crippen molar-refractivity contribution in [2.45, 2.75) is 19.8 Å². The van der Waals surface area contributed by atoms with Gasteiger partial charge in [0.1, 0.15) is 5.75 Å². The number of hydrogen-bond donors (Lipinski definition) is 3. The summed E-state index contributed by atoms with van der Waals surface area (Å²) in [6.07, 6.45) is 1.22. The third kappa shape index (κ3) is 7.85. The molecule has 0 fully saturated rings. The summed E-state index contributed by atoms with van der Waals surface area (Å²) in [5, 5.41) is 13.9. The van der Waals surface area contributed by atoms with E-state index in [-0.39, 0.29) is 19.7 Å². The molecule has 0 saturated carbocycles. The maximum absolute atomic E-state index is 11.6. The molecule has 2 amide bonds. The minimum absolute atomic E-state index is 0.0540. The summed E-state index contributed by atoms with van der Waals surface area (Å²) in [4.78, 5) is 34.1. The van der Waals surface area contributed by atoms with E-state index in [0.717, 1.165) is 6.42 Å². The number of carboxylic acid groups (broad SMARTS) is 1. The van der Waals surface area contributed by atoms with Crippen molar-refractivity contribution in [3.8, 4) is 5.75 Å². The Hall–Kier alpha value is -2.57. The van der Waals surface area contributed by atoms with E-state index in [1.807, 2.05) is 13.0 Å². The SMILES string of the molecule is CCCC(CNC(=O)CNC(=O)COc1ccccc1)C(=O)O. The van der Waals surface area contributed by atoms with Crippen LogP contribution in [0.25, 0.3) is 0 Å². The van der Waals surface area contributed by atoms with E-state index < -0.39 is 23.7 Å². The highest BCUT2D eigenvalue weighted by Crippen LogP contribution is 2.07. The van der Waals surface area contributed by atoms with E-state index in [9.17, 15) is 14.4 Å². The third-order valence-electron chi connectivity index (χ3n) is 3.09. The Morgan fingerprint density at radius 2 is 1.83 bits per heavy atom. The maximum Gasteiger partial charge on any atom is 0.308 e. The number of carboxylic acids is 1. The number of carbonyl (C=O) groups is 3. The summed E-state index contributed by atoms with van der Waals surface area (Å²) in [5.41, 5.74) is 0. The lowest BCUT2D eigenvalue weighted by molar-refractivity contribution is -0.142. The molecule has 7 heteroatoms. The van der Waals surface area contributed by atoms with Crippen molar-refractivity contribution in [1.29, 1.82) is 0 Å². The van der Waals surface area contributed by atoms with Crippen molar-refractivity contribution in [3.05, 3.63) is 30.3 Å². The van der Waals surface area contributed by atoms with Crippen LogP contribution in [-0.4, -0.2) is 42.6 Å². The van der Waals surface area contributed by atoms with Crippen LogP contribution in [0.15, 0.2) is 30.3 Å². The van der Waals surface area contributed by atoms with E-state index >= 15 is 0 Å². The topological polar surface area (TPSA) is 105 Å². The van der Waals surface area contributed by atoms with Crippen LogP contribution in [0.3, 0.4) is 0 Å². The molecule has 7 nitrogen and oxygen atoms in total. The molecule has 0 radical (unpaired) electrons. The molecule has 0 aliphatic carbocycles. The van der Waals surface area contributed by atoms with Gasteiger partial charge in [0.05, 0.1) is 12.5 Å². The van der Waals surface area contributed by atoms with Gasteiger partial charge in [0.2, 0.25) is 5.91 Å². The monoisotopic (exact) mass is 322 g/mol. The van der Waals surface area contributed by atoms with Crippen molar-refractivity contribution < 1.29 is 24.2 Å². The van der Waals surface area contributed by atoms with Crippen LogP contribution in [0.2, 0.25) is 0 Å². The van der Waals surface area contributed by atoms with Gasteiger partial charge >= 0.3 is 5.97 Å². The zero-order chi connectivity index (χ0) is 17.1. The van der Waals surface area contributed by atoms with Crippen molar-refractivity contribution in [2.24, 2.45) is 5.92 Å². The Kier molecular flexibility index (Phi) is 8.20. The second kappa shape index (κ2) is 10.2. The number of benzene rings is 1. The molecule has 0 bridgehead atoms. The minimum atomic E-state index is -0.938. The predicted molar refractivity (Wildman–Crippen MR) is 84.0 cm³/mol. The first kappa shape index (κ1) is 18.5. The zero-order valence-corrected chi connectivity index (χ0v) is 13.1. The lowest BCUT2D eigenvalue weighted by Gasteiger charge is -2.12. The highest BCUT2D eigenvalue weighted by Gasteiger charge is 2.17. The largest absolute Gasteiger partial charge is 0.484 e. The second-order valence-electron chi connectivity index (χ2n) is 5.01. The second-order valence-corrected chi connectivity index (χ2v) is 5.01. The molecule has 0 aliphatic rings. The molecule has 0 saturated heterocycles. The van der Waals surface area contributed by atoms with Crippen molar-refractivity contribution in [3.63, 3.8) is 0 Å². The molecular weight excluding hydrogens is 300 g/mol. The van der Waals surface area contributed by atoms with Crippen LogP contribution >= 0.6 is 0 Å². The molecule has 1 aromatic rings. The quantitative estimate of drug-likeness (QED) is 0.591. The van der Waals surface area contributed by atoms with Gasteiger partial charge in [0, 0.05) is 6.54 Å². The molecule has 1 aromatic carbocycles. The molecule has 23 heavy (non-hydrogen) atoms. The molecule has 0 spiro atoms. The standard InChI is InChI=1S/C16H22N2O5/c1-2-6-12(16(21)22)9-17-14(19)10-18-15(20)11-23-13-7-4-3-5-8-13/h3-5,7-8,12H,2,6,9-11H2,1H3,(H,17,19)(H,18,20)(H,21,22).